The molecule has 0 N–H and O–H groups in total. The van der Waals surface area contributed by atoms with Gasteiger partial charge in [0.2, 0.25) is 15.9 Å². The quantitative estimate of drug-likeness (QED) is 0.759. The van der Waals surface area contributed by atoms with Crippen LogP contribution in [-0.2, 0) is 14.8 Å². The Labute approximate surface area is 146 Å². The highest BCUT2D eigenvalue weighted by molar-refractivity contribution is 9.10. The zero-order chi connectivity index (χ0) is 17.2. The van der Waals surface area contributed by atoms with Gasteiger partial charge in [0.1, 0.15) is 6.54 Å². The molecule has 1 saturated heterocycles. The molecule has 0 aliphatic carbocycles. The lowest BCUT2D eigenvalue weighted by Crippen LogP contribution is -2.50. The lowest BCUT2D eigenvalue weighted by atomic mass is 10.2. The van der Waals surface area contributed by atoms with Gasteiger partial charge < -0.3 is 9.80 Å². The van der Waals surface area contributed by atoms with Crippen molar-refractivity contribution >= 4 is 37.5 Å². The fourth-order valence-corrected chi connectivity index (χ4v) is 3.55. The molecule has 128 valence electrons. The third-order valence-corrected chi connectivity index (χ3v) is 6.00. The van der Waals surface area contributed by atoms with E-state index in [0.29, 0.717) is 18.8 Å². The van der Waals surface area contributed by atoms with E-state index in [1.54, 1.807) is 23.1 Å². The van der Waals surface area contributed by atoms with Crippen molar-refractivity contribution < 1.29 is 13.2 Å². The Hall–Kier alpha value is -1.12. The van der Waals surface area contributed by atoms with Gasteiger partial charge in [0.15, 0.2) is 0 Å². The highest BCUT2D eigenvalue weighted by Crippen LogP contribution is 2.24. The van der Waals surface area contributed by atoms with E-state index >= 15 is 0 Å². The first-order valence-corrected chi connectivity index (χ1v) is 10.0. The summed E-state index contributed by atoms with van der Waals surface area (Å²) in [5.74, 6) is -0.163. The SMILES string of the molecule is Cc1cc(N(CC(=O)N2CCN(C)CC2)S(C)(=O)=O)ccc1Br. The van der Waals surface area contributed by atoms with Crippen molar-refractivity contribution in [3.8, 4) is 0 Å². The summed E-state index contributed by atoms with van der Waals surface area (Å²) in [6.45, 7) is 4.60. The first kappa shape index (κ1) is 18.2. The number of amides is 1. The van der Waals surface area contributed by atoms with Gasteiger partial charge in [0, 0.05) is 30.7 Å². The molecule has 23 heavy (non-hydrogen) atoms. The monoisotopic (exact) mass is 403 g/mol. The molecule has 0 unspecified atom stereocenters. The van der Waals surface area contributed by atoms with E-state index in [0.717, 1.165) is 29.4 Å². The van der Waals surface area contributed by atoms with Gasteiger partial charge in [-0.15, -0.1) is 0 Å². The van der Waals surface area contributed by atoms with Gasteiger partial charge >= 0.3 is 0 Å². The predicted molar refractivity (Wildman–Crippen MR) is 95.1 cm³/mol. The topological polar surface area (TPSA) is 60.9 Å². The normalized spacial score (nSPS) is 16.4. The molecule has 1 heterocycles. The van der Waals surface area contributed by atoms with Crippen molar-refractivity contribution in [3.63, 3.8) is 0 Å². The number of aryl methyl sites for hydroxylation is 1. The Morgan fingerprint density at radius 1 is 1.26 bits per heavy atom. The highest BCUT2D eigenvalue weighted by atomic mass is 79.9. The summed E-state index contributed by atoms with van der Waals surface area (Å²) in [6, 6.07) is 5.26. The number of piperazine rings is 1. The first-order chi connectivity index (χ1) is 10.7. The van der Waals surface area contributed by atoms with E-state index in [9.17, 15) is 13.2 Å². The third-order valence-electron chi connectivity index (χ3n) is 3.96. The number of sulfonamides is 1. The molecule has 0 aromatic heterocycles. The fraction of sp³-hybridized carbons (Fsp3) is 0.533. The molecule has 6 nitrogen and oxygen atoms in total. The van der Waals surface area contributed by atoms with E-state index in [4.69, 9.17) is 0 Å². The molecule has 1 fully saturated rings. The summed E-state index contributed by atoms with van der Waals surface area (Å²) in [5.41, 5.74) is 1.43. The second kappa shape index (κ2) is 7.19. The van der Waals surface area contributed by atoms with Crippen LogP contribution in [-0.4, -0.2) is 70.2 Å². The van der Waals surface area contributed by atoms with Crippen LogP contribution in [0.15, 0.2) is 22.7 Å². The van der Waals surface area contributed by atoms with E-state index in [1.807, 2.05) is 14.0 Å². The second-order valence-electron chi connectivity index (χ2n) is 5.89. The highest BCUT2D eigenvalue weighted by Gasteiger charge is 2.26. The van der Waals surface area contributed by atoms with Gasteiger partial charge in [-0.1, -0.05) is 15.9 Å². The van der Waals surface area contributed by atoms with Gasteiger partial charge in [0.05, 0.1) is 11.9 Å². The Kier molecular flexibility index (Phi) is 5.70. The molecule has 0 saturated carbocycles. The molecule has 2 rings (SSSR count). The number of rotatable bonds is 4. The Bertz CT molecular complexity index is 685. The van der Waals surface area contributed by atoms with E-state index in [2.05, 4.69) is 20.8 Å². The Morgan fingerprint density at radius 3 is 2.39 bits per heavy atom. The number of anilines is 1. The van der Waals surface area contributed by atoms with Gasteiger partial charge in [-0.2, -0.15) is 0 Å². The van der Waals surface area contributed by atoms with Gasteiger partial charge in [-0.05, 0) is 37.7 Å². The number of halogens is 1. The average Bonchev–Trinajstić information content (AvgIpc) is 2.47. The lowest BCUT2D eigenvalue weighted by Gasteiger charge is -2.34. The summed E-state index contributed by atoms with van der Waals surface area (Å²) in [4.78, 5) is 16.4. The van der Waals surface area contributed by atoms with E-state index in [-0.39, 0.29) is 12.5 Å². The number of hydrogen-bond acceptors (Lipinski definition) is 4. The molecule has 8 heteroatoms. The van der Waals surface area contributed by atoms with Crippen LogP contribution in [0.5, 0.6) is 0 Å². The molecule has 0 spiro atoms. The van der Waals surface area contributed by atoms with Gasteiger partial charge in [-0.3, -0.25) is 9.10 Å². The molecular formula is C15H22BrN3O3S. The van der Waals surface area contributed by atoms with Crippen LogP contribution in [0.3, 0.4) is 0 Å². The summed E-state index contributed by atoms with van der Waals surface area (Å²) < 4.78 is 26.3. The van der Waals surface area contributed by atoms with Gasteiger partial charge in [0.25, 0.3) is 0 Å². The van der Waals surface area contributed by atoms with Crippen molar-refractivity contribution in [2.24, 2.45) is 0 Å². The van der Waals surface area contributed by atoms with Crippen molar-refractivity contribution in [1.82, 2.24) is 9.80 Å². The first-order valence-electron chi connectivity index (χ1n) is 7.38. The number of carbonyl (C=O) groups is 1. The summed E-state index contributed by atoms with van der Waals surface area (Å²) in [7, 11) is -1.52. The zero-order valence-electron chi connectivity index (χ0n) is 13.6. The minimum atomic E-state index is -3.53. The summed E-state index contributed by atoms with van der Waals surface area (Å²) in [6.07, 6.45) is 1.13. The minimum Gasteiger partial charge on any atom is -0.339 e. The maximum Gasteiger partial charge on any atom is 0.243 e. The van der Waals surface area contributed by atoms with Crippen LogP contribution >= 0.6 is 15.9 Å². The molecule has 1 amide bonds. The van der Waals surface area contributed by atoms with Crippen LogP contribution in [0.2, 0.25) is 0 Å². The number of hydrogen-bond donors (Lipinski definition) is 0. The van der Waals surface area contributed by atoms with E-state index in [1.165, 1.54) is 4.31 Å². The largest absolute Gasteiger partial charge is 0.339 e. The summed E-state index contributed by atoms with van der Waals surface area (Å²) >= 11 is 3.40. The Balaban J connectivity index is 2.19. The molecule has 1 aliphatic heterocycles. The van der Waals surface area contributed by atoms with Crippen LogP contribution in [0.25, 0.3) is 0 Å². The molecule has 1 aliphatic rings. The lowest BCUT2D eigenvalue weighted by molar-refractivity contribution is -0.131. The molecule has 0 atom stereocenters. The molecule has 1 aromatic rings. The molecule has 1 aromatic carbocycles. The van der Waals surface area contributed by atoms with Crippen LogP contribution in [0.1, 0.15) is 5.56 Å². The summed E-state index contributed by atoms with van der Waals surface area (Å²) in [5, 5.41) is 0. The molecule has 0 radical (unpaired) electrons. The van der Waals surface area contributed by atoms with Gasteiger partial charge in [-0.25, -0.2) is 8.42 Å². The van der Waals surface area contributed by atoms with Crippen molar-refractivity contribution in [1.29, 1.82) is 0 Å². The van der Waals surface area contributed by atoms with Crippen molar-refractivity contribution in [2.45, 2.75) is 6.92 Å². The van der Waals surface area contributed by atoms with Crippen LogP contribution in [0.4, 0.5) is 5.69 Å². The van der Waals surface area contributed by atoms with Crippen molar-refractivity contribution in [3.05, 3.63) is 28.2 Å². The van der Waals surface area contributed by atoms with Crippen molar-refractivity contribution in [2.75, 3.05) is 50.3 Å². The minimum absolute atomic E-state index is 0.163. The standard InChI is InChI=1S/C15H22BrN3O3S/c1-12-10-13(4-5-14(12)16)19(23(3,21)22)11-15(20)18-8-6-17(2)7-9-18/h4-5,10H,6-9,11H2,1-3H3. The average molecular weight is 404 g/mol. The Morgan fingerprint density at radius 2 is 1.87 bits per heavy atom. The maximum atomic E-state index is 12.5. The molecular weight excluding hydrogens is 382 g/mol. The number of carbonyl (C=O) groups excluding carboxylic acids is 1. The number of nitrogens with zero attached hydrogens (tertiary/aromatic N) is 3. The van der Waals surface area contributed by atoms with Crippen LogP contribution < -0.4 is 4.31 Å². The van der Waals surface area contributed by atoms with E-state index < -0.39 is 10.0 Å². The zero-order valence-corrected chi connectivity index (χ0v) is 16.0. The van der Waals surface area contributed by atoms with Crippen LogP contribution in [0, 0.1) is 6.92 Å². The number of likely N-dealkylation sites (N-methyl/N-ethyl adjacent to an activating group) is 1. The second-order valence-corrected chi connectivity index (χ2v) is 8.65. The predicted octanol–water partition coefficient (Wildman–Crippen LogP) is 1.30. The third kappa shape index (κ3) is 4.68. The smallest absolute Gasteiger partial charge is 0.243 e. The number of benzene rings is 1. The maximum absolute atomic E-state index is 12.5. The molecule has 0 bridgehead atoms. The fourth-order valence-electron chi connectivity index (χ4n) is 2.46.